The van der Waals surface area contributed by atoms with Gasteiger partial charge in [0.15, 0.2) is 0 Å². The molecule has 0 spiro atoms. The molecule has 0 bridgehead atoms. The van der Waals surface area contributed by atoms with Crippen LogP contribution in [0.3, 0.4) is 0 Å². The molecule has 3 unspecified atom stereocenters. The highest BCUT2D eigenvalue weighted by Gasteiger charge is 2.35. The molecule has 1 N–H and O–H groups in total. The Morgan fingerprint density at radius 2 is 2.10 bits per heavy atom. The summed E-state index contributed by atoms with van der Waals surface area (Å²) in [5.74, 6) is 0.222. The predicted octanol–water partition coefficient (Wildman–Crippen LogP) is 2.93. The number of thiophene rings is 1. The summed E-state index contributed by atoms with van der Waals surface area (Å²) in [5, 5.41) is 12.3. The fraction of sp³-hybridized carbons (Fsp3) is 0.688. The Labute approximate surface area is 124 Å². The molecule has 0 aromatic carbocycles. The number of hydrogen-bond donors (Lipinski definition) is 1. The van der Waals surface area contributed by atoms with E-state index in [4.69, 9.17) is 0 Å². The van der Waals surface area contributed by atoms with E-state index >= 15 is 0 Å². The monoisotopic (exact) mass is 293 g/mol. The smallest absolute Gasteiger partial charge is 0.230 e. The Balaban J connectivity index is 1.76. The predicted molar refractivity (Wildman–Crippen MR) is 81.0 cm³/mol. The molecule has 0 aliphatic heterocycles. The number of nitrogens with zero attached hydrogens (tertiary/aromatic N) is 1. The first-order chi connectivity index (χ1) is 9.68. The highest BCUT2D eigenvalue weighted by molar-refractivity contribution is 7.10. The van der Waals surface area contributed by atoms with Crippen LogP contribution >= 0.6 is 11.3 Å². The fourth-order valence-electron chi connectivity index (χ4n) is 3.70. The summed E-state index contributed by atoms with van der Waals surface area (Å²) in [4.78, 5) is 16.0. The van der Waals surface area contributed by atoms with Crippen LogP contribution in [-0.4, -0.2) is 35.1 Å². The van der Waals surface area contributed by atoms with E-state index in [0.717, 1.165) is 44.9 Å². The van der Waals surface area contributed by atoms with Crippen LogP contribution in [0.4, 0.5) is 0 Å². The van der Waals surface area contributed by atoms with Crippen LogP contribution in [0.25, 0.3) is 0 Å². The number of likely N-dealkylation sites (N-methyl/N-ethyl adjacent to an activating group) is 1. The minimum Gasteiger partial charge on any atom is -0.391 e. The first-order valence-electron chi connectivity index (χ1n) is 7.69. The lowest BCUT2D eigenvalue weighted by molar-refractivity contribution is -0.137. The van der Waals surface area contributed by atoms with Crippen molar-refractivity contribution in [1.82, 2.24) is 4.90 Å². The molecule has 1 aromatic heterocycles. The maximum Gasteiger partial charge on any atom is 0.230 e. The highest BCUT2D eigenvalue weighted by Crippen LogP contribution is 2.37. The Kier molecular flexibility index (Phi) is 4.13. The molecule has 20 heavy (non-hydrogen) atoms. The van der Waals surface area contributed by atoms with Crippen molar-refractivity contribution in [2.75, 3.05) is 7.05 Å². The van der Waals surface area contributed by atoms with Gasteiger partial charge in [-0.1, -0.05) is 12.8 Å². The zero-order chi connectivity index (χ0) is 14.1. The van der Waals surface area contributed by atoms with Gasteiger partial charge >= 0.3 is 0 Å². The van der Waals surface area contributed by atoms with Gasteiger partial charge in [0.25, 0.3) is 0 Å². The van der Waals surface area contributed by atoms with Crippen LogP contribution in [0.15, 0.2) is 11.4 Å². The maximum atomic E-state index is 12.8. The number of amides is 1. The molecule has 1 fully saturated rings. The second-order valence-corrected chi connectivity index (χ2v) is 7.11. The number of aliphatic hydroxyl groups is 1. The third-order valence-corrected chi connectivity index (χ3v) is 5.89. The van der Waals surface area contributed by atoms with Gasteiger partial charge in [0.05, 0.1) is 18.1 Å². The van der Waals surface area contributed by atoms with Gasteiger partial charge in [-0.3, -0.25) is 4.79 Å². The molecular weight excluding hydrogens is 270 g/mol. The molecule has 4 heteroatoms. The van der Waals surface area contributed by atoms with Crippen molar-refractivity contribution in [2.24, 2.45) is 0 Å². The minimum absolute atomic E-state index is 0.0141. The van der Waals surface area contributed by atoms with E-state index in [1.807, 2.05) is 11.9 Å². The van der Waals surface area contributed by atoms with Crippen molar-refractivity contribution in [3.63, 3.8) is 0 Å². The SMILES string of the molecule is CN(C(=O)C1CCCc2sccc21)C1CCCCC1O. The van der Waals surface area contributed by atoms with Crippen LogP contribution in [0.2, 0.25) is 0 Å². The van der Waals surface area contributed by atoms with E-state index in [1.165, 1.54) is 10.4 Å². The van der Waals surface area contributed by atoms with Gasteiger partial charge in [-0.15, -0.1) is 11.3 Å². The molecule has 1 heterocycles. The van der Waals surface area contributed by atoms with Crippen LogP contribution < -0.4 is 0 Å². The minimum atomic E-state index is -0.344. The third kappa shape index (κ3) is 2.51. The molecule has 3 nitrogen and oxygen atoms in total. The number of carbonyl (C=O) groups excluding carboxylic acids is 1. The molecular formula is C16H23NO2S. The van der Waals surface area contributed by atoms with Crippen molar-refractivity contribution in [1.29, 1.82) is 0 Å². The van der Waals surface area contributed by atoms with E-state index in [-0.39, 0.29) is 24.0 Å². The molecule has 2 aliphatic rings. The average molecular weight is 293 g/mol. The van der Waals surface area contributed by atoms with Gasteiger partial charge in [-0.2, -0.15) is 0 Å². The quantitative estimate of drug-likeness (QED) is 0.911. The Morgan fingerprint density at radius 3 is 2.90 bits per heavy atom. The van der Waals surface area contributed by atoms with Crippen molar-refractivity contribution >= 4 is 17.2 Å². The zero-order valence-corrected chi connectivity index (χ0v) is 12.9. The molecule has 3 rings (SSSR count). The number of aliphatic hydroxyl groups excluding tert-OH is 1. The van der Waals surface area contributed by atoms with Crippen molar-refractivity contribution in [2.45, 2.75) is 63.0 Å². The van der Waals surface area contributed by atoms with Crippen LogP contribution in [0.5, 0.6) is 0 Å². The van der Waals surface area contributed by atoms with E-state index in [0.29, 0.717) is 0 Å². The standard InChI is InChI=1S/C16H23NO2S/c1-17(13-6-2-3-7-14(13)18)16(19)12-5-4-8-15-11(12)9-10-20-15/h9-10,12-14,18H,2-8H2,1H3. The molecule has 3 atom stereocenters. The maximum absolute atomic E-state index is 12.8. The zero-order valence-electron chi connectivity index (χ0n) is 12.0. The lowest BCUT2D eigenvalue weighted by atomic mass is 9.85. The summed E-state index contributed by atoms with van der Waals surface area (Å²) in [6, 6.07) is 2.13. The van der Waals surface area contributed by atoms with Gasteiger partial charge in [-0.25, -0.2) is 0 Å². The number of rotatable bonds is 2. The summed E-state index contributed by atoms with van der Waals surface area (Å²) in [6.07, 6.45) is 6.80. The van der Waals surface area contributed by atoms with Crippen molar-refractivity contribution < 1.29 is 9.90 Å². The summed E-state index contributed by atoms with van der Waals surface area (Å²) in [6.45, 7) is 0. The molecule has 1 aromatic rings. The second kappa shape index (κ2) is 5.86. The van der Waals surface area contributed by atoms with Crippen LogP contribution in [0, 0.1) is 0 Å². The van der Waals surface area contributed by atoms with Crippen LogP contribution in [0.1, 0.15) is 54.9 Å². The first-order valence-corrected chi connectivity index (χ1v) is 8.57. The van der Waals surface area contributed by atoms with E-state index in [2.05, 4.69) is 11.4 Å². The highest BCUT2D eigenvalue weighted by atomic mass is 32.1. The topological polar surface area (TPSA) is 40.5 Å². The molecule has 0 radical (unpaired) electrons. The first kappa shape index (κ1) is 14.1. The lowest BCUT2D eigenvalue weighted by Gasteiger charge is -2.37. The van der Waals surface area contributed by atoms with Crippen molar-refractivity contribution in [3.8, 4) is 0 Å². The largest absolute Gasteiger partial charge is 0.391 e. The normalized spacial score (nSPS) is 29.8. The molecule has 0 saturated heterocycles. The molecule has 1 saturated carbocycles. The second-order valence-electron chi connectivity index (χ2n) is 6.11. The fourth-order valence-corrected chi connectivity index (χ4v) is 4.68. The molecule has 110 valence electrons. The Bertz CT molecular complexity index is 485. The number of fused-ring (bicyclic) bond motifs is 1. The van der Waals surface area contributed by atoms with Gasteiger partial charge in [-0.05, 0) is 49.1 Å². The summed E-state index contributed by atoms with van der Waals surface area (Å²) in [5.41, 5.74) is 1.24. The van der Waals surface area contributed by atoms with Crippen molar-refractivity contribution in [3.05, 3.63) is 21.9 Å². The summed E-state index contributed by atoms with van der Waals surface area (Å²) < 4.78 is 0. The Hall–Kier alpha value is -0.870. The van der Waals surface area contributed by atoms with Gasteiger partial charge in [0.2, 0.25) is 5.91 Å². The van der Waals surface area contributed by atoms with Gasteiger partial charge in [0, 0.05) is 11.9 Å². The van der Waals surface area contributed by atoms with Gasteiger partial charge < -0.3 is 10.0 Å². The lowest BCUT2D eigenvalue weighted by Crippen LogP contribution is -2.48. The molecule has 1 amide bonds. The summed E-state index contributed by atoms with van der Waals surface area (Å²) >= 11 is 1.77. The number of hydrogen-bond acceptors (Lipinski definition) is 3. The van der Waals surface area contributed by atoms with Gasteiger partial charge in [0.1, 0.15) is 0 Å². The van der Waals surface area contributed by atoms with E-state index in [1.54, 1.807) is 11.3 Å². The third-order valence-electron chi connectivity index (χ3n) is 4.89. The average Bonchev–Trinajstić information content (AvgIpc) is 2.94. The Morgan fingerprint density at radius 1 is 1.30 bits per heavy atom. The van der Waals surface area contributed by atoms with E-state index < -0.39 is 0 Å². The van der Waals surface area contributed by atoms with E-state index in [9.17, 15) is 9.90 Å². The van der Waals surface area contributed by atoms with Crippen LogP contribution in [-0.2, 0) is 11.2 Å². The number of carbonyl (C=O) groups is 1. The summed E-state index contributed by atoms with van der Waals surface area (Å²) in [7, 11) is 1.88. The number of aryl methyl sites for hydroxylation is 1. The molecule has 2 aliphatic carbocycles.